The van der Waals surface area contributed by atoms with Gasteiger partial charge in [0.25, 0.3) is 0 Å². The van der Waals surface area contributed by atoms with Crippen LogP contribution in [-0.2, 0) is 4.74 Å². The van der Waals surface area contributed by atoms with Gasteiger partial charge in [0.15, 0.2) is 0 Å². The van der Waals surface area contributed by atoms with Crippen molar-refractivity contribution < 1.29 is 4.74 Å². The molecule has 4 bridgehead atoms. The Hall–Kier alpha value is -0.0800. The molecular formula is C18H33NO. The molecule has 1 atom stereocenters. The van der Waals surface area contributed by atoms with Gasteiger partial charge in [0.05, 0.1) is 0 Å². The Bertz CT molecular complexity index is 276. The van der Waals surface area contributed by atoms with Crippen LogP contribution in [0.4, 0.5) is 0 Å². The first-order valence-corrected chi connectivity index (χ1v) is 9.04. The Labute approximate surface area is 125 Å². The van der Waals surface area contributed by atoms with Crippen molar-refractivity contribution in [3.8, 4) is 0 Å². The van der Waals surface area contributed by atoms with Crippen LogP contribution in [0.5, 0.6) is 0 Å². The lowest BCUT2D eigenvalue weighted by Gasteiger charge is -2.56. The van der Waals surface area contributed by atoms with E-state index in [1.165, 1.54) is 25.8 Å². The Morgan fingerprint density at radius 2 is 1.70 bits per heavy atom. The number of hydrogen-bond acceptors (Lipinski definition) is 2. The SMILES string of the molecule is CCCNC(CCCOC)C1C2CC3CC(C2)CC1C3. The van der Waals surface area contributed by atoms with Gasteiger partial charge < -0.3 is 10.1 Å². The molecule has 116 valence electrons. The molecule has 4 saturated carbocycles. The summed E-state index contributed by atoms with van der Waals surface area (Å²) in [5.74, 6) is 5.26. The first-order chi connectivity index (χ1) is 9.81. The third-order valence-corrected chi connectivity index (χ3v) is 6.28. The van der Waals surface area contributed by atoms with Gasteiger partial charge in [0.2, 0.25) is 0 Å². The molecule has 0 aromatic carbocycles. The molecule has 0 amide bonds. The summed E-state index contributed by atoms with van der Waals surface area (Å²) in [5.41, 5.74) is 0. The fourth-order valence-electron chi connectivity index (χ4n) is 5.83. The molecule has 4 rings (SSSR count). The van der Waals surface area contributed by atoms with Crippen molar-refractivity contribution in [1.82, 2.24) is 5.32 Å². The lowest BCUT2D eigenvalue weighted by atomic mass is 9.50. The Balaban J connectivity index is 1.63. The van der Waals surface area contributed by atoms with E-state index in [0.29, 0.717) is 0 Å². The second-order valence-electron chi connectivity index (χ2n) is 7.70. The Morgan fingerprint density at radius 1 is 1.05 bits per heavy atom. The van der Waals surface area contributed by atoms with Crippen molar-refractivity contribution in [2.24, 2.45) is 29.6 Å². The fourth-order valence-corrected chi connectivity index (χ4v) is 5.83. The van der Waals surface area contributed by atoms with Gasteiger partial charge in [-0.15, -0.1) is 0 Å². The molecule has 0 spiro atoms. The molecule has 0 aliphatic heterocycles. The van der Waals surface area contributed by atoms with E-state index in [4.69, 9.17) is 4.74 Å². The van der Waals surface area contributed by atoms with Crippen molar-refractivity contribution in [3.63, 3.8) is 0 Å². The number of ether oxygens (including phenoxy) is 1. The molecule has 0 aromatic rings. The summed E-state index contributed by atoms with van der Waals surface area (Å²) in [6.45, 7) is 4.41. The van der Waals surface area contributed by atoms with Gasteiger partial charge in [0, 0.05) is 19.8 Å². The first kappa shape index (κ1) is 14.8. The van der Waals surface area contributed by atoms with Gasteiger partial charge in [-0.2, -0.15) is 0 Å². The minimum Gasteiger partial charge on any atom is -0.385 e. The highest BCUT2D eigenvalue weighted by Gasteiger charge is 2.50. The zero-order chi connectivity index (χ0) is 13.9. The number of rotatable bonds is 8. The van der Waals surface area contributed by atoms with Crippen LogP contribution in [0.15, 0.2) is 0 Å². The average molecular weight is 279 g/mol. The average Bonchev–Trinajstić information content (AvgIpc) is 2.43. The van der Waals surface area contributed by atoms with Gasteiger partial charge in [-0.25, -0.2) is 0 Å². The molecule has 0 heterocycles. The van der Waals surface area contributed by atoms with Crippen LogP contribution in [-0.4, -0.2) is 26.3 Å². The topological polar surface area (TPSA) is 21.3 Å². The van der Waals surface area contributed by atoms with E-state index in [9.17, 15) is 0 Å². The van der Waals surface area contributed by atoms with E-state index < -0.39 is 0 Å². The van der Waals surface area contributed by atoms with Crippen molar-refractivity contribution >= 4 is 0 Å². The van der Waals surface area contributed by atoms with Gasteiger partial charge in [-0.1, -0.05) is 6.92 Å². The van der Waals surface area contributed by atoms with E-state index >= 15 is 0 Å². The number of hydrogen-bond donors (Lipinski definition) is 1. The molecule has 2 nitrogen and oxygen atoms in total. The van der Waals surface area contributed by atoms with E-state index in [1.807, 2.05) is 7.11 Å². The molecule has 0 saturated heterocycles. The third-order valence-electron chi connectivity index (χ3n) is 6.28. The lowest BCUT2D eigenvalue weighted by molar-refractivity contribution is -0.0536. The summed E-state index contributed by atoms with van der Waals surface area (Å²) in [5, 5.41) is 3.90. The summed E-state index contributed by atoms with van der Waals surface area (Å²) in [4.78, 5) is 0. The zero-order valence-electron chi connectivity index (χ0n) is 13.4. The zero-order valence-corrected chi connectivity index (χ0v) is 13.4. The van der Waals surface area contributed by atoms with Crippen LogP contribution < -0.4 is 5.32 Å². The first-order valence-electron chi connectivity index (χ1n) is 9.04. The van der Waals surface area contributed by atoms with Crippen molar-refractivity contribution in [2.75, 3.05) is 20.3 Å². The van der Waals surface area contributed by atoms with Crippen LogP contribution in [0.25, 0.3) is 0 Å². The number of methoxy groups -OCH3 is 1. The van der Waals surface area contributed by atoms with Crippen LogP contribution in [0.3, 0.4) is 0 Å². The third kappa shape index (κ3) is 3.06. The second-order valence-corrected chi connectivity index (χ2v) is 7.70. The summed E-state index contributed by atoms with van der Waals surface area (Å²) < 4.78 is 5.27. The predicted molar refractivity (Wildman–Crippen MR) is 83.7 cm³/mol. The molecule has 20 heavy (non-hydrogen) atoms. The minimum absolute atomic E-state index is 0.764. The highest BCUT2D eigenvalue weighted by molar-refractivity contribution is 5.01. The largest absolute Gasteiger partial charge is 0.385 e. The molecule has 0 aromatic heterocycles. The van der Waals surface area contributed by atoms with Crippen LogP contribution in [0, 0.1) is 29.6 Å². The lowest BCUT2D eigenvalue weighted by Crippen LogP contribution is -2.53. The number of nitrogens with one attached hydrogen (secondary N) is 1. The standard InChI is InChI=1S/C18H33NO/c1-3-6-19-17(5-4-7-20-2)18-15-9-13-8-14(11-15)12-16(18)10-13/h13-19H,3-12H2,1-2H3. The van der Waals surface area contributed by atoms with Crippen LogP contribution in [0.1, 0.15) is 58.3 Å². The van der Waals surface area contributed by atoms with Crippen molar-refractivity contribution in [1.29, 1.82) is 0 Å². The minimum atomic E-state index is 0.764. The molecule has 4 aliphatic carbocycles. The molecule has 4 aliphatic rings. The van der Waals surface area contributed by atoms with E-state index in [2.05, 4.69) is 12.2 Å². The molecular weight excluding hydrogens is 246 g/mol. The highest BCUT2D eigenvalue weighted by Crippen LogP contribution is 2.57. The summed E-state index contributed by atoms with van der Waals surface area (Å²) >= 11 is 0. The molecule has 4 fully saturated rings. The summed E-state index contributed by atoms with van der Waals surface area (Å²) in [6.07, 6.45) is 11.6. The Morgan fingerprint density at radius 3 is 2.25 bits per heavy atom. The van der Waals surface area contributed by atoms with Crippen molar-refractivity contribution in [2.45, 2.75) is 64.3 Å². The van der Waals surface area contributed by atoms with Gasteiger partial charge >= 0.3 is 0 Å². The van der Waals surface area contributed by atoms with Gasteiger partial charge in [-0.05, 0) is 87.5 Å². The molecule has 0 radical (unpaired) electrons. The van der Waals surface area contributed by atoms with Crippen LogP contribution in [0.2, 0.25) is 0 Å². The smallest absolute Gasteiger partial charge is 0.0462 e. The van der Waals surface area contributed by atoms with Gasteiger partial charge in [0.1, 0.15) is 0 Å². The summed E-state index contributed by atoms with van der Waals surface area (Å²) in [7, 11) is 1.83. The van der Waals surface area contributed by atoms with E-state index in [1.54, 1.807) is 32.1 Å². The van der Waals surface area contributed by atoms with Crippen LogP contribution >= 0.6 is 0 Å². The monoisotopic (exact) mass is 279 g/mol. The maximum Gasteiger partial charge on any atom is 0.0462 e. The quantitative estimate of drug-likeness (QED) is 0.681. The normalized spacial score (nSPS) is 40.2. The fraction of sp³-hybridized carbons (Fsp3) is 1.00. The predicted octanol–water partition coefficient (Wildman–Crippen LogP) is 3.85. The summed E-state index contributed by atoms with van der Waals surface area (Å²) in [6, 6.07) is 0.764. The second kappa shape index (κ2) is 6.79. The molecule has 2 heteroatoms. The molecule has 1 unspecified atom stereocenters. The Kier molecular flexibility index (Phi) is 5.04. The maximum atomic E-state index is 5.27. The van der Waals surface area contributed by atoms with E-state index in [0.717, 1.165) is 42.2 Å². The van der Waals surface area contributed by atoms with Gasteiger partial charge in [-0.3, -0.25) is 0 Å². The van der Waals surface area contributed by atoms with Crippen molar-refractivity contribution in [3.05, 3.63) is 0 Å². The molecule has 1 N–H and O–H groups in total. The highest BCUT2D eigenvalue weighted by atomic mass is 16.5. The maximum absolute atomic E-state index is 5.27. The van der Waals surface area contributed by atoms with E-state index in [-0.39, 0.29) is 0 Å².